The van der Waals surface area contributed by atoms with Crippen LogP contribution in [-0.2, 0) is 17.8 Å². The first-order valence-electron chi connectivity index (χ1n) is 9.83. The predicted octanol–water partition coefficient (Wildman–Crippen LogP) is 3.55. The van der Waals surface area contributed by atoms with Gasteiger partial charge in [-0.15, -0.1) is 0 Å². The Morgan fingerprint density at radius 3 is 2.47 bits per heavy atom. The molecule has 4 rings (SSSR count). The van der Waals surface area contributed by atoms with Gasteiger partial charge < -0.3 is 19.1 Å². The zero-order valence-electron chi connectivity index (χ0n) is 16.9. The molecule has 1 N–H and O–H groups in total. The molecule has 1 unspecified atom stereocenters. The van der Waals surface area contributed by atoms with Crippen LogP contribution in [0.25, 0.3) is 0 Å². The number of phenols is 1. The van der Waals surface area contributed by atoms with E-state index in [0.29, 0.717) is 30.0 Å². The molecule has 0 bridgehead atoms. The van der Waals surface area contributed by atoms with Gasteiger partial charge in [-0.2, -0.15) is 0 Å². The maximum Gasteiger partial charge on any atom is 0.312 e. The van der Waals surface area contributed by atoms with Crippen LogP contribution in [0.4, 0.5) is 0 Å². The number of rotatable bonds is 5. The number of methoxy groups -OCH3 is 1. The lowest BCUT2D eigenvalue weighted by atomic mass is 9.87. The lowest BCUT2D eigenvalue weighted by Crippen LogP contribution is -2.33. The highest BCUT2D eigenvalue weighted by Gasteiger charge is 2.32. The van der Waals surface area contributed by atoms with Crippen molar-refractivity contribution in [1.82, 2.24) is 4.57 Å². The smallest absolute Gasteiger partial charge is 0.312 e. The quantitative estimate of drug-likeness (QED) is 0.657. The minimum atomic E-state index is -0.361. The van der Waals surface area contributed by atoms with Crippen LogP contribution < -0.4 is 15.0 Å². The van der Waals surface area contributed by atoms with Crippen LogP contribution in [0.15, 0.2) is 59.4 Å². The second kappa shape index (κ2) is 8.06. The van der Waals surface area contributed by atoms with Gasteiger partial charge >= 0.3 is 5.97 Å². The highest BCUT2D eigenvalue weighted by Crippen LogP contribution is 2.37. The highest BCUT2D eigenvalue weighted by atomic mass is 16.5. The van der Waals surface area contributed by atoms with Crippen LogP contribution >= 0.6 is 0 Å². The van der Waals surface area contributed by atoms with Gasteiger partial charge in [-0.25, -0.2) is 0 Å². The lowest BCUT2D eigenvalue weighted by Gasteiger charge is -2.26. The number of pyridine rings is 1. The number of carbonyl (C=O) groups is 1. The summed E-state index contributed by atoms with van der Waals surface area (Å²) in [4.78, 5) is 25.6. The summed E-state index contributed by atoms with van der Waals surface area (Å²) in [6, 6.07) is 16.1. The summed E-state index contributed by atoms with van der Waals surface area (Å²) in [5.74, 6) is 0.567. The third-order valence-electron chi connectivity index (χ3n) is 5.53. The summed E-state index contributed by atoms with van der Waals surface area (Å²) < 4.78 is 12.4. The molecule has 3 aromatic rings. The van der Waals surface area contributed by atoms with Gasteiger partial charge in [0, 0.05) is 24.2 Å². The Labute approximate surface area is 174 Å². The molecule has 2 heterocycles. The third kappa shape index (κ3) is 3.81. The number of aromatic nitrogens is 1. The Balaban J connectivity index is 1.71. The molecule has 0 fully saturated rings. The van der Waals surface area contributed by atoms with Gasteiger partial charge in [-0.05, 0) is 48.7 Å². The standard InChI is InChI=1S/C24H23NO5/c1-15-13-21-23(24(28)25(15)12-11-16-3-7-18(26)8-4-16)20(14-22(27)30-21)17-5-9-19(29-2)10-6-17/h3-10,13,20,26H,11-12,14H2,1-2H3. The SMILES string of the molecule is COc1ccc(C2CC(=O)Oc3cc(C)n(CCc4ccc(O)cc4)c(=O)c32)cc1. The van der Waals surface area contributed by atoms with E-state index in [1.807, 2.05) is 43.3 Å². The average molecular weight is 405 g/mol. The molecule has 0 radical (unpaired) electrons. The van der Waals surface area contributed by atoms with E-state index in [4.69, 9.17) is 9.47 Å². The first-order chi connectivity index (χ1) is 14.5. The van der Waals surface area contributed by atoms with E-state index in [9.17, 15) is 14.7 Å². The van der Waals surface area contributed by atoms with Crippen LogP contribution in [0.5, 0.6) is 17.2 Å². The first kappa shape index (κ1) is 19.8. The van der Waals surface area contributed by atoms with Gasteiger partial charge in [0.2, 0.25) is 0 Å². The molecule has 1 aliphatic heterocycles. The molecule has 0 saturated carbocycles. The first-order valence-corrected chi connectivity index (χ1v) is 9.83. The second-order valence-electron chi connectivity index (χ2n) is 7.44. The lowest BCUT2D eigenvalue weighted by molar-refractivity contribution is -0.135. The van der Waals surface area contributed by atoms with Gasteiger partial charge in [-0.3, -0.25) is 9.59 Å². The molecule has 0 saturated heterocycles. The van der Waals surface area contributed by atoms with Crippen molar-refractivity contribution in [2.45, 2.75) is 32.2 Å². The van der Waals surface area contributed by atoms with E-state index >= 15 is 0 Å². The van der Waals surface area contributed by atoms with Gasteiger partial charge in [-0.1, -0.05) is 24.3 Å². The Morgan fingerprint density at radius 2 is 1.80 bits per heavy atom. The molecule has 6 heteroatoms. The van der Waals surface area contributed by atoms with Crippen LogP contribution in [0.2, 0.25) is 0 Å². The average Bonchev–Trinajstić information content (AvgIpc) is 2.74. The van der Waals surface area contributed by atoms with Crippen LogP contribution in [0.1, 0.15) is 34.7 Å². The number of esters is 1. The summed E-state index contributed by atoms with van der Waals surface area (Å²) in [6.07, 6.45) is 0.766. The predicted molar refractivity (Wildman–Crippen MR) is 112 cm³/mol. The molecular weight excluding hydrogens is 382 g/mol. The fraction of sp³-hybridized carbons (Fsp3) is 0.250. The Kier molecular flexibility index (Phi) is 5.31. The maximum absolute atomic E-state index is 13.4. The van der Waals surface area contributed by atoms with Crippen molar-refractivity contribution >= 4 is 5.97 Å². The Hall–Kier alpha value is -3.54. The molecule has 0 spiro atoms. The number of aromatic hydroxyl groups is 1. The van der Waals surface area contributed by atoms with Crippen LogP contribution in [0, 0.1) is 6.92 Å². The molecule has 1 atom stereocenters. The Morgan fingerprint density at radius 1 is 1.10 bits per heavy atom. The number of nitrogens with zero attached hydrogens (tertiary/aromatic N) is 1. The molecule has 0 aliphatic carbocycles. The van der Waals surface area contributed by atoms with Crippen LogP contribution in [0.3, 0.4) is 0 Å². The molecule has 6 nitrogen and oxygen atoms in total. The maximum atomic E-state index is 13.4. The molecule has 154 valence electrons. The number of benzene rings is 2. The van der Waals surface area contributed by atoms with E-state index in [1.165, 1.54) is 0 Å². The monoisotopic (exact) mass is 405 g/mol. The topological polar surface area (TPSA) is 77.8 Å². The summed E-state index contributed by atoms with van der Waals surface area (Å²) in [7, 11) is 1.60. The summed E-state index contributed by atoms with van der Waals surface area (Å²) in [6.45, 7) is 2.33. The molecule has 30 heavy (non-hydrogen) atoms. The Bertz CT molecular complexity index is 1130. The van der Waals surface area contributed by atoms with Crippen molar-refractivity contribution in [1.29, 1.82) is 0 Å². The largest absolute Gasteiger partial charge is 0.508 e. The molecule has 1 aromatic heterocycles. The van der Waals surface area contributed by atoms with E-state index in [2.05, 4.69) is 0 Å². The van der Waals surface area contributed by atoms with Crippen LogP contribution in [-0.4, -0.2) is 22.8 Å². The number of aryl methyl sites for hydroxylation is 2. The zero-order valence-corrected chi connectivity index (χ0v) is 16.9. The molecule has 2 aromatic carbocycles. The minimum absolute atomic E-state index is 0.121. The minimum Gasteiger partial charge on any atom is -0.508 e. The van der Waals surface area contributed by atoms with Crippen molar-refractivity contribution in [2.75, 3.05) is 7.11 Å². The fourth-order valence-corrected chi connectivity index (χ4v) is 3.90. The van der Waals surface area contributed by atoms with E-state index in [-0.39, 0.29) is 29.6 Å². The normalized spacial score (nSPS) is 15.4. The molecular formula is C24H23NO5. The summed E-state index contributed by atoms with van der Waals surface area (Å²) in [5.41, 5.74) is 3.00. The van der Waals surface area contributed by atoms with Crippen molar-refractivity contribution in [2.24, 2.45) is 0 Å². The second-order valence-corrected chi connectivity index (χ2v) is 7.44. The number of phenolic OH excluding ortho intramolecular Hbond substituents is 1. The molecule has 1 aliphatic rings. The number of fused-ring (bicyclic) bond motifs is 1. The third-order valence-corrected chi connectivity index (χ3v) is 5.53. The van der Waals surface area contributed by atoms with Gasteiger partial charge in [0.25, 0.3) is 5.56 Å². The zero-order chi connectivity index (χ0) is 21.3. The number of ether oxygens (including phenoxy) is 2. The fourth-order valence-electron chi connectivity index (χ4n) is 3.90. The number of hydrogen-bond donors (Lipinski definition) is 1. The van der Waals surface area contributed by atoms with E-state index in [0.717, 1.165) is 16.8 Å². The van der Waals surface area contributed by atoms with Crippen molar-refractivity contribution in [3.63, 3.8) is 0 Å². The van der Waals surface area contributed by atoms with Crippen molar-refractivity contribution in [3.05, 3.63) is 87.3 Å². The van der Waals surface area contributed by atoms with Gasteiger partial charge in [0.1, 0.15) is 17.2 Å². The molecule has 0 amide bonds. The van der Waals surface area contributed by atoms with Gasteiger partial charge in [0.15, 0.2) is 0 Å². The van der Waals surface area contributed by atoms with E-state index < -0.39 is 0 Å². The van der Waals surface area contributed by atoms with E-state index in [1.54, 1.807) is 29.9 Å². The summed E-state index contributed by atoms with van der Waals surface area (Å²) in [5, 5.41) is 9.45. The number of hydrogen-bond acceptors (Lipinski definition) is 5. The van der Waals surface area contributed by atoms with Crippen molar-refractivity contribution in [3.8, 4) is 17.2 Å². The van der Waals surface area contributed by atoms with Gasteiger partial charge in [0.05, 0.1) is 19.1 Å². The van der Waals surface area contributed by atoms with Crippen molar-refractivity contribution < 1.29 is 19.4 Å². The number of carbonyl (C=O) groups excluding carboxylic acids is 1. The highest BCUT2D eigenvalue weighted by molar-refractivity contribution is 5.77. The summed E-state index contributed by atoms with van der Waals surface area (Å²) >= 11 is 0.